The first kappa shape index (κ1) is 15.8. The molecule has 0 fully saturated rings. The Kier molecular flexibility index (Phi) is 4.79. The molecule has 0 atom stereocenters. The highest BCUT2D eigenvalue weighted by Gasteiger charge is 2.19. The van der Waals surface area contributed by atoms with Gasteiger partial charge in [-0.15, -0.1) is 0 Å². The Morgan fingerprint density at radius 1 is 1.13 bits per heavy atom. The summed E-state index contributed by atoms with van der Waals surface area (Å²) < 4.78 is 5.74. The second-order valence-electron chi connectivity index (χ2n) is 6.07. The molecule has 0 saturated carbocycles. The minimum absolute atomic E-state index is 0.783. The zero-order chi connectivity index (χ0) is 16.2. The maximum Gasteiger partial charge on any atom is 0.132 e. The first-order valence-corrected chi connectivity index (χ1v) is 8.53. The predicted octanol–water partition coefficient (Wildman–Crippen LogP) is 3.70. The lowest BCUT2D eigenvalue weighted by Crippen LogP contribution is -2.31. The molecule has 0 spiro atoms. The zero-order valence-corrected chi connectivity index (χ0v) is 14.3. The van der Waals surface area contributed by atoms with Gasteiger partial charge in [0, 0.05) is 24.8 Å². The summed E-state index contributed by atoms with van der Waals surface area (Å²) in [5.41, 5.74) is 3.88. The normalized spacial score (nSPS) is 13.8. The van der Waals surface area contributed by atoms with Crippen molar-refractivity contribution in [2.75, 3.05) is 18.1 Å². The number of fused-ring (bicyclic) bond motifs is 1. The number of aromatic nitrogens is 2. The number of hydrogen-bond donors (Lipinski definition) is 0. The van der Waals surface area contributed by atoms with Crippen molar-refractivity contribution in [2.24, 2.45) is 0 Å². The second-order valence-corrected chi connectivity index (χ2v) is 6.07. The lowest BCUT2D eigenvalue weighted by Gasteiger charge is -2.30. The Morgan fingerprint density at radius 2 is 2.00 bits per heavy atom. The van der Waals surface area contributed by atoms with Crippen molar-refractivity contribution in [3.63, 3.8) is 0 Å². The Bertz CT molecular complexity index is 684. The van der Waals surface area contributed by atoms with E-state index in [9.17, 15) is 0 Å². The Labute approximate surface area is 138 Å². The summed E-state index contributed by atoms with van der Waals surface area (Å²) in [5.74, 6) is 2.89. The van der Waals surface area contributed by atoms with E-state index in [0.717, 1.165) is 62.0 Å². The van der Waals surface area contributed by atoms with E-state index in [1.807, 2.05) is 6.92 Å². The van der Waals surface area contributed by atoms with Crippen molar-refractivity contribution < 1.29 is 4.74 Å². The number of nitrogens with zero attached hydrogens (tertiary/aromatic N) is 3. The molecular formula is C19H25N3O. The van der Waals surface area contributed by atoms with Crippen LogP contribution in [0, 0.1) is 6.92 Å². The summed E-state index contributed by atoms with van der Waals surface area (Å²) in [6, 6.07) is 8.60. The molecule has 0 saturated heterocycles. The third kappa shape index (κ3) is 3.63. The van der Waals surface area contributed by atoms with Gasteiger partial charge in [-0.05, 0) is 49.4 Å². The number of hydrogen-bond acceptors (Lipinski definition) is 4. The third-order valence-corrected chi connectivity index (χ3v) is 4.23. The molecule has 1 aromatic carbocycles. The minimum atomic E-state index is 0.783. The van der Waals surface area contributed by atoms with Gasteiger partial charge in [-0.1, -0.05) is 19.9 Å². The van der Waals surface area contributed by atoms with E-state index >= 15 is 0 Å². The average molecular weight is 311 g/mol. The molecular weight excluding hydrogens is 286 g/mol. The molecule has 4 nitrogen and oxygen atoms in total. The van der Waals surface area contributed by atoms with E-state index < -0.39 is 0 Å². The molecule has 1 aromatic heterocycles. The second kappa shape index (κ2) is 6.99. The quantitative estimate of drug-likeness (QED) is 0.844. The highest BCUT2D eigenvalue weighted by atomic mass is 16.5. The van der Waals surface area contributed by atoms with Crippen molar-refractivity contribution in [3.8, 4) is 5.75 Å². The fourth-order valence-corrected chi connectivity index (χ4v) is 2.99. The standard InChI is InChI=1S/C19H25N3O/c1-4-10-23-18-7-6-16-13-22(9-8-15(16)11-18)19-12-17(5-2)20-14(3)21-19/h6-7,11-12H,4-5,8-10,13H2,1-3H3. The van der Waals surface area contributed by atoms with Crippen LogP contribution in [0.3, 0.4) is 0 Å². The van der Waals surface area contributed by atoms with Gasteiger partial charge in [0.15, 0.2) is 0 Å². The molecule has 122 valence electrons. The monoisotopic (exact) mass is 311 g/mol. The van der Waals surface area contributed by atoms with Crippen LogP contribution in [0.4, 0.5) is 5.82 Å². The molecule has 23 heavy (non-hydrogen) atoms. The summed E-state index contributed by atoms with van der Waals surface area (Å²) in [7, 11) is 0. The van der Waals surface area contributed by atoms with Gasteiger partial charge in [0.1, 0.15) is 17.4 Å². The van der Waals surface area contributed by atoms with Gasteiger partial charge >= 0.3 is 0 Å². The molecule has 0 radical (unpaired) electrons. The van der Waals surface area contributed by atoms with Crippen LogP contribution in [0.25, 0.3) is 0 Å². The van der Waals surface area contributed by atoms with E-state index in [4.69, 9.17) is 4.74 Å². The number of benzene rings is 1. The number of aryl methyl sites for hydroxylation is 2. The smallest absolute Gasteiger partial charge is 0.132 e. The molecule has 4 heteroatoms. The van der Waals surface area contributed by atoms with E-state index in [2.05, 4.69) is 53.0 Å². The first-order valence-electron chi connectivity index (χ1n) is 8.53. The molecule has 2 aromatic rings. The van der Waals surface area contributed by atoms with E-state index in [1.54, 1.807) is 0 Å². The molecule has 0 unspecified atom stereocenters. The Morgan fingerprint density at radius 3 is 2.78 bits per heavy atom. The van der Waals surface area contributed by atoms with Crippen molar-refractivity contribution in [3.05, 3.63) is 46.9 Å². The van der Waals surface area contributed by atoms with E-state index in [0.29, 0.717) is 0 Å². The minimum Gasteiger partial charge on any atom is -0.494 e. The van der Waals surface area contributed by atoms with Gasteiger partial charge in [-0.3, -0.25) is 0 Å². The summed E-state index contributed by atoms with van der Waals surface area (Å²) in [5, 5.41) is 0. The van der Waals surface area contributed by atoms with Crippen molar-refractivity contribution in [2.45, 2.75) is 46.6 Å². The molecule has 3 rings (SSSR count). The Hall–Kier alpha value is -2.10. The van der Waals surface area contributed by atoms with Gasteiger partial charge in [0.2, 0.25) is 0 Å². The summed E-state index contributed by atoms with van der Waals surface area (Å²) in [6.45, 7) is 8.91. The number of anilines is 1. The Balaban J connectivity index is 1.79. The molecule has 0 N–H and O–H groups in total. The predicted molar refractivity (Wildman–Crippen MR) is 93.1 cm³/mol. The lowest BCUT2D eigenvalue weighted by molar-refractivity contribution is 0.317. The van der Waals surface area contributed by atoms with Crippen molar-refractivity contribution >= 4 is 5.82 Å². The van der Waals surface area contributed by atoms with Crippen LogP contribution in [-0.4, -0.2) is 23.1 Å². The fourth-order valence-electron chi connectivity index (χ4n) is 2.99. The molecule has 1 aliphatic rings. The van der Waals surface area contributed by atoms with Crippen LogP contribution in [0.1, 0.15) is 42.9 Å². The highest BCUT2D eigenvalue weighted by molar-refractivity contribution is 5.46. The molecule has 1 aliphatic heterocycles. The van der Waals surface area contributed by atoms with E-state index in [-0.39, 0.29) is 0 Å². The lowest BCUT2D eigenvalue weighted by atomic mass is 9.99. The van der Waals surface area contributed by atoms with Crippen molar-refractivity contribution in [1.82, 2.24) is 9.97 Å². The van der Waals surface area contributed by atoms with Crippen LogP contribution in [-0.2, 0) is 19.4 Å². The molecule has 0 amide bonds. The van der Waals surface area contributed by atoms with Crippen LogP contribution < -0.4 is 9.64 Å². The van der Waals surface area contributed by atoms with Crippen LogP contribution >= 0.6 is 0 Å². The summed E-state index contributed by atoms with van der Waals surface area (Å²) in [4.78, 5) is 11.5. The zero-order valence-electron chi connectivity index (χ0n) is 14.3. The first-order chi connectivity index (χ1) is 11.2. The van der Waals surface area contributed by atoms with Crippen LogP contribution in [0.15, 0.2) is 24.3 Å². The highest BCUT2D eigenvalue weighted by Crippen LogP contribution is 2.27. The van der Waals surface area contributed by atoms with E-state index in [1.165, 1.54) is 11.1 Å². The largest absolute Gasteiger partial charge is 0.494 e. The average Bonchev–Trinajstić information content (AvgIpc) is 2.58. The van der Waals surface area contributed by atoms with Gasteiger partial charge < -0.3 is 9.64 Å². The third-order valence-electron chi connectivity index (χ3n) is 4.23. The fraction of sp³-hybridized carbons (Fsp3) is 0.474. The SMILES string of the molecule is CCCOc1ccc2c(c1)CCN(c1cc(CC)nc(C)n1)C2. The summed E-state index contributed by atoms with van der Waals surface area (Å²) >= 11 is 0. The molecule has 2 heterocycles. The van der Waals surface area contributed by atoms with Gasteiger partial charge in [0.25, 0.3) is 0 Å². The summed E-state index contributed by atoms with van der Waals surface area (Å²) in [6.07, 6.45) is 3.01. The van der Waals surface area contributed by atoms with Gasteiger partial charge in [-0.25, -0.2) is 9.97 Å². The van der Waals surface area contributed by atoms with Gasteiger partial charge in [-0.2, -0.15) is 0 Å². The van der Waals surface area contributed by atoms with Crippen LogP contribution in [0.2, 0.25) is 0 Å². The van der Waals surface area contributed by atoms with Crippen molar-refractivity contribution in [1.29, 1.82) is 0 Å². The molecule has 0 aliphatic carbocycles. The number of rotatable bonds is 5. The van der Waals surface area contributed by atoms with Crippen LogP contribution in [0.5, 0.6) is 5.75 Å². The maximum atomic E-state index is 5.74. The molecule has 0 bridgehead atoms. The topological polar surface area (TPSA) is 38.2 Å². The van der Waals surface area contributed by atoms with Gasteiger partial charge in [0.05, 0.1) is 6.61 Å². The number of ether oxygens (including phenoxy) is 1. The maximum absolute atomic E-state index is 5.74.